The molecule has 0 saturated carbocycles. The summed E-state index contributed by atoms with van der Waals surface area (Å²) in [7, 11) is 0. The van der Waals surface area contributed by atoms with Gasteiger partial charge in [-0.3, -0.25) is 4.79 Å². The number of unbranched alkanes of at least 4 members (excludes halogenated alkanes) is 1. The lowest BCUT2D eigenvalue weighted by Gasteiger charge is -2.34. The third-order valence-corrected chi connectivity index (χ3v) is 5.44. The number of ketones is 1. The van der Waals surface area contributed by atoms with E-state index in [0.29, 0.717) is 6.42 Å². The van der Waals surface area contributed by atoms with Crippen molar-refractivity contribution in [3.8, 4) is 0 Å². The van der Waals surface area contributed by atoms with Crippen molar-refractivity contribution < 1.29 is 18.0 Å². The average Bonchev–Trinajstić information content (AvgIpc) is 3.08. The molecule has 4 nitrogen and oxygen atoms in total. The minimum absolute atomic E-state index is 0.163. The average molecular weight is 397 g/mol. The third-order valence-electron chi connectivity index (χ3n) is 4.74. The zero-order valence-electron chi connectivity index (χ0n) is 15.0. The van der Waals surface area contributed by atoms with Crippen molar-refractivity contribution in [2.24, 2.45) is 0 Å². The van der Waals surface area contributed by atoms with Gasteiger partial charge >= 0.3 is 6.18 Å². The van der Waals surface area contributed by atoms with Crippen LogP contribution in [0.4, 0.5) is 19.0 Å². The Hall–Kier alpha value is -1.96. The van der Waals surface area contributed by atoms with Crippen LogP contribution in [0.25, 0.3) is 0 Å². The van der Waals surface area contributed by atoms with Crippen molar-refractivity contribution in [2.45, 2.75) is 43.9 Å². The van der Waals surface area contributed by atoms with Crippen LogP contribution in [0.2, 0.25) is 0 Å². The van der Waals surface area contributed by atoms with Gasteiger partial charge in [0.2, 0.25) is 0 Å². The second kappa shape index (κ2) is 8.37. The van der Waals surface area contributed by atoms with Gasteiger partial charge in [0.25, 0.3) is 0 Å². The summed E-state index contributed by atoms with van der Waals surface area (Å²) in [4.78, 5) is 12.6. The molecule has 0 spiro atoms. The summed E-state index contributed by atoms with van der Waals surface area (Å²) in [5.41, 5.74) is 1.01. The molecule has 8 heteroatoms. The molecule has 0 saturated heterocycles. The Morgan fingerprint density at radius 3 is 2.70 bits per heavy atom. The molecule has 0 bridgehead atoms. The lowest BCUT2D eigenvalue weighted by molar-refractivity contribution is -0.173. The van der Waals surface area contributed by atoms with Crippen LogP contribution in [-0.2, 0) is 0 Å². The third kappa shape index (κ3) is 4.48. The van der Waals surface area contributed by atoms with Crippen LogP contribution in [0, 0.1) is 0 Å². The number of hydrogen-bond acceptors (Lipinski definition) is 4. The van der Waals surface area contributed by atoms with Gasteiger partial charge in [0, 0.05) is 12.8 Å². The Labute approximate surface area is 160 Å². The Balaban J connectivity index is 1.87. The fourth-order valence-corrected chi connectivity index (χ4v) is 3.83. The van der Waals surface area contributed by atoms with Gasteiger partial charge in [-0.25, -0.2) is 4.68 Å². The van der Waals surface area contributed by atoms with E-state index >= 15 is 0 Å². The number of Topliss-reactive ketones (excluding diaryl/α,β-unsaturated/α-hetero) is 1. The molecule has 0 radical (unpaired) electrons. The largest absolute Gasteiger partial charge is 0.410 e. The van der Waals surface area contributed by atoms with E-state index in [9.17, 15) is 18.0 Å². The minimum atomic E-state index is -4.44. The quantitative estimate of drug-likeness (QED) is 0.511. The molecule has 2 heterocycles. The predicted molar refractivity (Wildman–Crippen MR) is 101 cm³/mol. The molecule has 1 aliphatic rings. The number of thioether (sulfide) groups is 1. The van der Waals surface area contributed by atoms with Crippen molar-refractivity contribution >= 4 is 23.4 Å². The van der Waals surface area contributed by atoms with Crippen LogP contribution in [0.1, 0.15) is 53.7 Å². The number of anilines is 1. The van der Waals surface area contributed by atoms with Crippen LogP contribution >= 0.6 is 11.8 Å². The summed E-state index contributed by atoms with van der Waals surface area (Å²) in [6.45, 7) is 0. The van der Waals surface area contributed by atoms with Crippen molar-refractivity contribution in [3.63, 3.8) is 0 Å². The second-order valence-corrected chi connectivity index (χ2v) is 7.61. The number of nitrogens with one attached hydrogen (secondary N) is 1. The number of benzene rings is 1. The predicted octanol–water partition coefficient (Wildman–Crippen LogP) is 5.26. The number of carbonyl (C=O) groups is 1. The Morgan fingerprint density at radius 2 is 2.04 bits per heavy atom. The lowest BCUT2D eigenvalue weighted by Crippen LogP contribution is -2.36. The van der Waals surface area contributed by atoms with E-state index in [0.717, 1.165) is 28.8 Å². The molecule has 27 heavy (non-hydrogen) atoms. The normalized spacial score (nSPS) is 19.4. The van der Waals surface area contributed by atoms with Crippen LogP contribution < -0.4 is 5.32 Å². The molecule has 146 valence electrons. The topological polar surface area (TPSA) is 46.9 Å². The maximum Gasteiger partial charge on any atom is 0.410 e. The van der Waals surface area contributed by atoms with Gasteiger partial charge in [-0.05, 0) is 30.4 Å². The first-order chi connectivity index (χ1) is 12.9. The molecule has 0 fully saturated rings. The minimum Gasteiger partial charge on any atom is -0.363 e. The first-order valence-corrected chi connectivity index (χ1v) is 10.3. The number of alkyl halides is 3. The fraction of sp³-hybridized carbons (Fsp3) is 0.474. The van der Waals surface area contributed by atoms with Crippen LogP contribution in [0.5, 0.6) is 0 Å². The number of carbonyl (C=O) groups excluding carboxylic acids is 1. The number of nitrogens with zero attached hydrogens (tertiary/aromatic N) is 2. The Kier molecular flexibility index (Phi) is 6.14. The summed E-state index contributed by atoms with van der Waals surface area (Å²) in [6.07, 6.45) is 0.606. The van der Waals surface area contributed by atoms with Gasteiger partial charge < -0.3 is 5.32 Å². The summed E-state index contributed by atoms with van der Waals surface area (Å²) in [6, 6.07) is 6.72. The number of fused-ring (bicyclic) bond motifs is 1. The number of aromatic nitrogens is 2. The lowest BCUT2D eigenvalue weighted by atomic mass is 9.96. The van der Waals surface area contributed by atoms with E-state index in [2.05, 4.69) is 10.4 Å². The summed E-state index contributed by atoms with van der Waals surface area (Å²) >= 11 is 1.71. The second-order valence-electron chi connectivity index (χ2n) is 6.63. The monoisotopic (exact) mass is 397 g/mol. The molecular weight excluding hydrogens is 375 g/mol. The SMILES string of the molecule is CSCCCCC(=O)c1cnn2c1NC(c1ccccc1)CC2C(F)(F)F. The summed E-state index contributed by atoms with van der Waals surface area (Å²) in [5.74, 6) is 0.968. The summed E-state index contributed by atoms with van der Waals surface area (Å²) < 4.78 is 41.8. The maximum atomic E-state index is 13.6. The molecule has 1 aromatic heterocycles. The van der Waals surface area contributed by atoms with E-state index in [4.69, 9.17) is 0 Å². The molecule has 3 rings (SSSR count). The molecule has 0 aliphatic carbocycles. The first kappa shape index (κ1) is 19.8. The van der Waals surface area contributed by atoms with Crippen molar-refractivity contribution in [1.82, 2.24) is 9.78 Å². The van der Waals surface area contributed by atoms with Gasteiger partial charge in [-0.15, -0.1) is 0 Å². The molecular formula is C19H22F3N3OS. The zero-order valence-corrected chi connectivity index (χ0v) is 15.8. The zero-order chi connectivity index (χ0) is 19.4. The van der Waals surface area contributed by atoms with E-state index in [1.54, 1.807) is 36.0 Å². The van der Waals surface area contributed by atoms with Gasteiger partial charge in [-0.1, -0.05) is 30.3 Å². The highest BCUT2D eigenvalue weighted by Crippen LogP contribution is 2.44. The molecule has 1 N–H and O–H groups in total. The van der Waals surface area contributed by atoms with Gasteiger partial charge in [-0.2, -0.15) is 30.0 Å². The van der Waals surface area contributed by atoms with Gasteiger partial charge in [0.05, 0.1) is 17.8 Å². The van der Waals surface area contributed by atoms with Gasteiger partial charge in [0.1, 0.15) is 5.82 Å². The Bertz CT molecular complexity index is 776. The van der Waals surface area contributed by atoms with E-state index in [1.165, 1.54) is 6.20 Å². The van der Waals surface area contributed by atoms with E-state index in [-0.39, 0.29) is 23.6 Å². The fourth-order valence-electron chi connectivity index (χ4n) is 3.34. The Morgan fingerprint density at radius 1 is 1.30 bits per heavy atom. The van der Waals surface area contributed by atoms with Crippen molar-refractivity contribution in [3.05, 3.63) is 47.7 Å². The van der Waals surface area contributed by atoms with Crippen LogP contribution in [-0.4, -0.2) is 33.7 Å². The van der Waals surface area contributed by atoms with Crippen LogP contribution in [0.15, 0.2) is 36.5 Å². The highest BCUT2D eigenvalue weighted by molar-refractivity contribution is 7.98. The van der Waals surface area contributed by atoms with Crippen molar-refractivity contribution in [1.29, 1.82) is 0 Å². The first-order valence-electron chi connectivity index (χ1n) is 8.89. The van der Waals surface area contributed by atoms with Gasteiger partial charge in [0.15, 0.2) is 11.8 Å². The van der Waals surface area contributed by atoms with E-state index in [1.807, 2.05) is 12.3 Å². The molecule has 1 aliphatic heterocycles. The smallest absolute Gasteiger partial charge is 0.363 e. The standard InChI is InChI=1S/C19H22F3N3OS/c1-27-10-6-5-9-16(26)14-12-23-25-17(19(20,21)22)11-15(24-18(14)25)13-7-3-2-4-8-13/h2-4,7-8,12,15,17,24H,5-6,9-11H2,1H3. The van der Waals surface area contributed by atoms with Crippen LogP contribution in [0.3, 0.4) is 0 Å². The summed E-state index contributed by atoms with van der Waals surface area (Å²) in [5, 5.41) is 7.03. The molecule has 2 aromatic rings. The van der Waals surface area contributed by atoms with Crippen molar-refractivity contribution in [2.75, 3.05) is 17.3 Å². The van der Waals surface area contributed by atoms with E-state index < -0.39 is 18.3 Å². The molecule has 1 aromatic carbocycles. The number of rotatable bonds is 7. The molecule has 2 atom stereocenters. The number of hydrogen-bond donors (Lipinski definition) is 1. The molecule has 0 amide bonds. The molecule has 2 unspecified atom stereocenters. The maximum absolute atomic E-state index is 13.6. The highest BCUT2D eigenvalue weighted by atomic mass is 32.2. The highest BCUT2D eigenvalue weighted by Gasteiger charge is 2.47. The number of halogens is 3.